The molecule has 0 aliphatic rings. The van der Waals surface area contributed by atoms with Crippen LogP contribution in [0.2, 0.25) is 0 Å². The van der Waals surface area contributed by atoms with E-state index in [9.17, 15) is 0 Å². The maximum Gasteiger partial charge on any atom is 0.202 e. The van der Waals surface area contributed by atoms with E-state index in [2.05, 4.69) is 14.7 Å². The Kier molecular flexibility index (Phi) is 5.39. The number of ether oxygens (including phenoxy) is 1. The van der Waals surface area contributed by atoms with Gasteiger partial charge in [0.2, 0.25) is 5.13 Å². The lowest BCUT2D eigenvalue weighted by Crippen LogP contribution is -2.07. The lowest BCUT2D eigenvalue weighted by Gasteiger charge is -2.02. The summed E-state index contributed by atoms with van der Waals surface area (Å²) in [6.45, 7) is 1.98. The first kappa shape index (κ1) is 10.4. The summed E-state index contributed by atoms with van der Waals surface area (Å²) in [4.78, 5) is 3.97. The molecule has 1 heterocycles. The molecule has 1 aromatic rings. The number of aromatic nitrogens is 2. The predicted octanol–water partition coefficient (Wildman–Crippen LogP) is 0.349. The molecular weight excluding hydrogens is 190 g/mol. The molecule has 5 nitrogen and oxygen atoms in total. The van der Waals surface area contributed by atoms with Gasteiger partial charge in [-0.05, 0) is 6.42 Å². The van der Waals surface area contributed by atoms with Crippen molar-refractivity contribution in [2.24, 2.45) is 0 Å². The maximum absolute atomic E-state index is 8.42. The van der Waals surface area contributed by atoms with Gasteiger partial charge < -0.3 is 15.2 Å². The molecule has 6 heteroatoms. The van der Waals surface area contributed by atoms with Crippen LogP contribution in [0.3, 0.4) is 0 Å². The standard InChI is InChI=1S/C7H13N3O2S/c11-3-5-12-4-1-2-8-7-9-6-10-13-7/h6,11H,1-5H2,(H,8,9,10). The van der Waals surface area contributed by atoms with Crippen molar-refractivity contribution in [2.75, 3.05) is 31.7 Å². The van der Waals surface area contributed by atoms with Gasteiger partial charge in [0.1, 0.15) is 6.33 Å². The number of nitrogens with zero attached hydrogens (tertiary/aromatic N) is 2. The summed E-state index contributed by atoms with van der Waals surface area (Å²) in [5.74, 6) is 0. The molecule has 0 atom stereocenters. The quantitative estimate of drug-likeness (QED) is 0.626. The lowest BCUT2D eigenvalue weighted by atomic mass is 10.4. The van der Waals surface area contributed by atoms with E-state index in [1.165, 1.54) is 17.9 Å². The van der Waals surface area contributed by atoms with Gasteiger partial charge in [-0.1, -0.05) is 0 Å². The van der Waals surface area contributed by atoms with Crippen LogP contribution in [0, 0.1) is 0 Å². The first-order valence-electron chi connectivity index (χ1n) is 4.12. The summed E-state index contributed by atoms with van der Waals surface area (Å²) < 4.78 is 8.93. The number of aliphatic hydroxyl groups is 1. The van der Waals surface area contributed by atoms with Crippen LogP contribution in [0.4, 0.5) is 5.13 Å². The van der Waals surface area contributed by atoms with Crippen LogP contribution in [0.15, 0.2) is 6.33 Å². The normalized spacial score (nSPS) is 10.2. The number of aliphatic hydroxyl groups excluding tert-OH is 1. The molecule has 1 rings (SSSR count). The molecule has 0 unspecified atom stereocenters. The van der Waals surface area contributed by atoms with Gasteiger partial charge in [-0.2, -0.15) is 4.37 Å². The molecule has 0 aliphatic heterocycles. The fraction of sp³-hybridized carbons (Fsp3) is 0.714. The number of hydrogen-bond donors (Lipinski definition) is 2. The van der Waals surface area contributed by atoms with E-state index in [0.29, 0.717) is 13.2 Å². The Hall–Kier alpha value is -0.720. The molecular formula is C7H13N3O2S. The van der Waals surface area contributed by atoms with Crippen molar-refractivity contribution >= 4 is 16.7 Å². The Labute approximate surface area is 80.9 Å². The van der Waals surface area contributed by atoms with Crippen molar-refractivity contribution in [2.45, 2.75) is 6.42 Å². The van der Waals surface area contributed by atoms with Crippen LogP contribution in [0.25, 0.3) is 0 Å². The van der Waals surface area contributed by atoms with Gasteiger partial charge in [0, 0.05) is 24.7 Å². The minimum absolute atomic E-state index is 0.0871. The van der Waals surface area contributed by atoms with Crippen molar-refractivity contribution in [3.05, 3.63) is 6.33 Å². The average molecular weight is 203 g/mol. The second-order valence-electron chi connectivity index (χ2n) is 2.36. The molecule has 0 aliphatic carbocycles. The van der Waals surface area contributed by atoms with Crippen LogP contribution in [-0.4, -0.2) is 40.8 Å². The largest absolute Gasteiger partial charge is 0.394 e. The Morgan fingerprint density at radius 2 is 2.46 bits per heavy atom. The highest BCUT2D eigenvalue weighted by Crippen LogP contribution is 2.05. The van der Waals surface area contributed by atoms with Gasteiger partial charge in [-0.3, -0.25) is 0 Å². The lowest BCUT2D eigenvalue weighted by molar-refractivity contribution is 0.0922. The Balaban J connectivity index is 1.90. The molecule has 0 radical (unpaired) electrons. The fourth-order valence-corrected chi connectivity index (χ4v) is 1.24. The smallest absolute Gasteiger partial charge is 0.202 e. The van der Waals surface area contributed by atoms with Gasteiger partial charge in [0.05, 0.1) is 13.2 Å². The van der Waals surface area contributed by atoms with Crippen molar-refractivity contribution < 1.29 is 9.84 Å². The highest BCUT2D eigenvalue weighted by molar-refractivity contribution is 7.09. The third-order valence-electron chi connectivity index (χ3n) is 1.34. The van der Waals surface area contributed by atoms with E-state index < -0.39 is 0 Å². The van der Waals surface area contributed by atoms with E-state index in [0.717, 1.165) is 18.1 Å². The summed E-state index contributed by atoms with van der Waals surface area (Å²) in [7, 11) is 0. The third kappa shape index (κ3) is 4.76. The second-order valence-corrected chi connectivity index (χ2v) is 3.14. The van der Waals surface area contributed by atoms with E-state index in [4.69, 9.17) is 9.84 Å². The summed E-state index contributed by atoms with van der Waals surface area (Å²) in [6, 6.07) is 0. The molecule has 13 heavy (non-hydrogen) atoms. The van der Waals surface area contributed by atoms with E-state index in [-0.39, 0.29) is 6.61 Å². The molecule has 0 spiro atoms. The number of nitrogens with one attached hydrogen (secondary N) is 1. The zero-order chi connectivity index (χ0) is 9.36. The van der Waals surface area contributed by atoms with Crippen molar-refractivity contribution in [3.63, 3.8) is 0 Å². The zero-order valence-corrected chi connectivity index (χ0v) is 8.09. The summed E-state index contributed by atoms with van der Waals surface area (Å²) >= 11 is 1.34. The van der Waals surface area contributed by atoms with Crippen LogP contribution in [-0.2, 0) is 4.74 Å². The van der Waals surface area contributed by atoms with Crippen molar-refractivity contribution in [3.8, 4) is 0 Å². The second kappa shape index (κ2) is 6.76. The SMILES string of the molecule is OCCOCCCNc1ncns1. The molecule has 74 valence electrons. The predicted molar refractivity (Wildman–Crippen MR) is 50.9 cm³/mol. The van der Waals surface area contributed by atoms with Crippen LogP contribution in [0.5, 0.6) is 0 Å². The van der Waals surface area contributed by atoms with Crippen molar-refractivity contribution in [1.29, 1.82) is 0 Å². The summed E-state index contributed by atoms with van der Waals surface area (Å²) in [5, 5.41) is 12.4. The topological polar surface area (TPSA) is 67.3 Å². The van der Waals surface area contributed by atoms with Crippen molar-refractivity contribution in [1.82, 2.24) is 9.36 Å². The third-order valence-corrected chi connectivity index (χ3v) is 1.96. The molecule has 0 saturated carbocycles. The fourth-order valence-electron chi connectivity index (χ4n) is 0.787. The minimum atomic E-state index is 0.0871. The zero-order valence-electron chi connectivity index (χ0n) is 7.27. The van der Waals surface area contributed by atoms with E-state index in [1.54, 1.807) is 0 Å². The molecule has 0 bridgehead atoms. The molecule has 0 aromatic carbocycles. The average Bonchev–Trinajstić information content (AvgIpc) is 2.63. The molecule has 2 N–H and O–H groups in total. The maximum atomic E-state index is 8.42. The first-order chi connectivity index (χ1) is 6.43. The molecule has 0 saturated heterocycles. The van der Waals surface area contributed by atoms with Gasteiger partial charge >= 0.3 is 0 Å². The number of rotatable bonds is 7. The number of hydrogen-bond acceptors (Lipinski definition) is 6. The highest BCUT2D eigenvalue weighted by atomic mass is 32.1. The van der Waals surface area contributed by atoms with Gasteiger partial charge in [0.15, 0.2) is 0 Å². The Morgan fingerprint density at radius 1 is 1.54 bits per heavy atom. The Bertz CT molecular complexity index is 206. The van der Waals surface area contributed by atoms with E-state index >= 15 is 0 Å². The highest BCUT2D eigenvalue weighted by Gasteiger charge is 1.93. The van der Waals surface area contributed by atoms with E-state index in [1.807, 2.05) is 0 Å². The van der Waals surface area contributed by atoms with Gasteiger partial charge in [-0.15, -0.1) is 0 Å². The van der Waals surface area contributed by atoms with Crippen LogP contribution >= 0.6 is 11.5 Å². The summed E-state index contributed by atoms with van der Waals surface area (Å²) in [5.41, 5.74) is 0. The monoisotopic (exact) mass is 203 g/mol. The van der Waals surface area contributed by atoms with Gasteiger partial charge in [0.25, 0.3) is 0 Å². The minimum Gasteiger partial charge on any atom is -0.394 e. The van der Waals surface area contributed by atoms with Crippen LogP contribution in [0.1, 0.15) is 6.42 Å². The van der Waals surface area contributed by atoms with Gasteiger partial charge in [-0.25, -0.2) is 4.98 Å². The Morgan fingerprint density at radius 3 is 3.15 bits per heavy atom. The first-order valence-corrected chi connectivity index (χ1v) is 4.90. The molecule has 0 fully saturated rings. The summed E-state index contributed by atoms with van der Waals surface area (Å²) in [6.07, 6.45) is 2.43. The number of anilines is 1. The molecule has 0 amide bonds. The van der Waals surface area contributed by atoms with Crippen LogP contribution < -0.4 is 5.32 Å². The molecule has 1 aromatic heterocycles.